The molecule has 0 aliphatic carbocycles. The van der Waals surface area contributed by atoms with Gasteiger partial charge in [0.25, 0.3) is 0 Å². The maximum Gasteiger partial charge on any atom is 0.337 e. The van der Waals surface area contributed by atoms with Crippen LogP contribution in [0.1, 0.15) is 15.9 Å². The Hall–Kier alpha value is -2.81. The van der Waals surface area contributed by atoms with Crippen molar-refractivity contribution in [3.05, 3.63) is 54.1 Å². The molecule has 0 aromatic carbocycles. The summed E-state index contributed by atoms with van der Waals surface area (Å²) in [6, 6.07) is 6.70. The molecule has 0 radical (unpaired) electrons. The number of carbonyl (C=O) groups is 1. The highest BCUT2D eigenvalue weighted by molar-refractivity contribution is 5.86. The fraction of sp³-hybridized carbons (Fsp3) is 0. The number of carboxylic acids is 1. The molecule has 2 aromatic heterocycles. The van der Waals surface area contributed by atoms with Crippen LogP contribution in [0.3, 0.4) is 0 Å². The monoisotopic (exact) mass is 228 g/mol. The molecule has 84 valence electrons. The number of hydrogen-bond acceptors (Lipinski definition) is 5. The maximum absolute atomic E-state index is 10.1. The average Bonchev–Trinajstić information content (AvgIpc) is 2.41. The standard InChI is InChI=1S/C6H4N2.C5H4N2O2/c7-5-6-1-3-8-4-2-6;8-5(9)4-1-2-6-7-3-4/h1-4H;1-3H,(H,8,9). The van der Waals surface area contributed by atoms with Crippen molar-refractivity contribution in [2.45, 2.75) is 0 Å². The maximum atomic E-state index is 10.1. The molecule has 0 unspecified atom stereocenters. The van der Waals surface area contributed by atoms with Crippen LogP contribution in [-0.4, -0.2) is 26.3 Å². The first-order valence-corrected chi connectivity index (χ1v) is 4.54. The first kappa shape index (κ1) is 12.3. The molecule has 0 spiro atoms. The molecule has 2 heterocycles. The van der Waals surface area contributed by atoms with Gasteiger partial charge in [0.2, 0.25) is 0 Å². The molecule has 1 N–H and O–H groups in total. The average molecular weight is 228 g/mol. The van der Waals surface area contributed by atoms with Gasteiger partial charge in [-0.2, -0.15) is 15.5 Å². The SMILES string of the molecule is N#Cc1ccncc1.O=C(O)c1ccnnc1. The highest BCUT2D eigenvalue weighted by Crippen LogP contribution is 1.91. The molecule has 0 bridgehead atoms. The molecule has 0 aliphatic rings. The Balaban J connectivity index is 0.000000171. The predicted molar refractivity (Wildman–Crippen MR) is 57.9 cm³/mol. The predicted octanol–water partition coefficient (Wildman–Crippen LogP) is 1.13. The smallest absolute Gasteiger partial charge is 0.337 e. The minimum absolute atomic E-state index is 0.157. The van der Waals surface area contributed by atoms with Crippen LogP contribution in [0.2, 0.25) is 0 Å². The lowest BCUT2D eigenvalue weighted by molar-refractivity contribution is 0.0696. The van der Waals surface area contributed by atoms with Crippen LogP contribution in [0.5, 0.6) is 0 Å². The van der Waals surface area contributed by atoms with Crippen LogP contribution < -0.4 is 0 Å². The normalized spacial score (nSPS) is 8.41. The second-order valence-corrected chi connectivity index (χ2v) is 2.78. The molecule has 6 heteroatoms. The van der Waals surface area contributed by atoms with Gasteiger partial charge in [0.05, 0.1) is 29.6 Å². The van der Waals surface area contributed by atoms with Gasteiger partial charge in [-0.15, -0.1) is 0 Å². The number of nitrogens with zero attached hydrogens (tertiary/aromatic N) is 4. The number of nitriles is 1. The second kappa shape index (κ2) is 6.63. The Morgan fingerprint density at radius 1 is 1.18 bits per heavy atom. The van der Waals surface area contributed by atoms with Gasteiger partial charge in [0.15, 0.2) is 0 Å². The largest absolute Gasteiger partial charge is 0.478 e. The van der Waals surface area contributed by atoms with E-state index in [0.717, 1.165) is 0 Å². The van der Waals surface area contributed by atoms with Crippen LogP contribution in [0.15, 0.2) is 43.0 Å². The van der Waals surface area contributed by atoms with E-state index in [1.54, 1.807) is 24.5 Å². The summed E-state index contributed by atoms with van der Waals surface area (Å²) in [6.07, 6.45) is 5.73. The van der Waals surface area contributed by atoms with Crippen LogP contribution in [-0.2, 0) is 0 Å². The van der Waals surface area contributed by atoms with E-state index < -0.39 is 5.97 Å². The van der Waals surface area contributed by atoms with Gasteiger partial charge < -0.3 is 5.11 Å². The van der Waals surface area contributed by atoms with Gasteiger partial charge in [0.1, 0.15) is 0 Å². The third-order valence-corrected chi connectivity index (χ3v) is 1.64. The van der Waals surface area contributed by atoms with Crippen molar-refractivity contribution < 1.29 is 9.90 Å². The highest BCUT2D eigenvalue weighted by Gasteiger charge is 1.98. The van der Waals surface area contributed by atoms with Crippen molar-refractivity contribution in [1.82, 2.24) is 15.2 Å². The molecule has 2 aromatic rings. The van der Waals surface area contributed by atoms with E-state index in [0.29, 0.717) is 5.56 Å². The Bertz CT molecular complexity index is 508. The fourth-order valence-electron chi connectivity index (χ4n) is 0.844. The Morgan fingerprint density at radius 3 is 2.24 bits per heavy atom. The van der Waals surface area contributed by atoms with Crippen LogP contribution >= 0.6 is 0 Å². The molecular formula is C11H8N4O2. The molecule has 0 fully saturated rings. The zero-order chi connectivity index (χ0) is 12.5. The van der Waals surface area contributed by atoms with Crippen LogP contribution in [0.4, 0.5) is 0 Å². The molecule has 6 nitrogen and oxygen atoms in total. The van der Waals surface area contributed by atoms with Crippen molar-refractivity contribution >= 4 is 5.97 Å². The molecule has 0 saturated heterocycles. The Kier molecular flexibility index (Phi) is 4.78. The van der Waals surface area contributed by atoms with Gasteiger partial charge in [-0.25, -0.2) is 4.79 Å². The van der Waals surface area contributed by atoms with Crippen molar-refractivity contribution in [3.63, 3.8) is 0 Å². The van der Waals surface area contributed by atoms with Crippen molar-refractivity contribution in [3.8, 4) is 6.07 Å². The van der Waals surface area contributed by atoms with Gasteiger partial charge in [-0.05, 0) is 18.2 Å². The van der Waals surface area contributed by atoms with Gasteiger partial charge >= 0.3 is 5.97 Å². The molecule has 0 aliphatic heterocycles. The summed E-state index contributed by atoms with van der Waals surface area (Å²) >= 11 is 0. The lowest BCUT2D eigenvalue weighted by Gasteiger charge is -1.86. The summed E-state index contributed by atoms with van der Waals surface area (Å²) in [5.74, 6) is -0.982. The van der Waals surface area contributed by atoms with Crippen molar-refractivity contribution in [2.24, 2.45) is 0 Å². The Labute approximate surface area is 97.2 Å². The van der Waals surface area contributed by atoms with E-state index in [-0.39, 0.29) is 5.56 Å². The number of hydrogen-bond donors (Lipinski definition) is 1. The number of carboxylic acid groups (broad SMARTS) is 1. The first-order valence-electron chi connectivity index (χ1n) is 4.54. The van der Waals surface area contributed by atoms with Gasteiger partial charge in [-0.3, -0.25) is 4.98 Å². The highest BCUT2D eigenvalue weighted by atomic mass is 16.4. The zero-order valence-electron chi connectivity index (χ0n) is 8.69. The molecular weight excluding hydrogens is 220 g/mol. The van der Waals surface area contributed by atoms with Crippen LogP contribution in [0.25, 0.3) is 0 Å². The minimum atomic E-state index is -0.982. The first-order chi connectivity index (χ1) is 8.24. The van der Waals surface area contributed by atoms with E-state index in [2.05, 4.69) is 15.2 Å². The summed E-state index contributed by atoms with van der Waals surface area (Å²) in [5.41, 5.74) is 0.810. The summed E-state index contributed by atoms with van der Waals surface area (Å²) in [7, 11) is 0. The van der Waals surface area contributed by atoms with E-state index in [1.807, 2.05) is 6.07 Å². The number of aromatic nitrogens is 3. The number of rotatable bonds is 1. The summed E-state index contributed by atoms with van der Waals surface area (Å²) in [4.78, 5) is 13.9. The van der Waals surface area contributed by atoms with E-state index >= 15 is 0 Å². The van der Waals surface area contributed by atoms with Gasteiger partial charge in [-0.1, -0.05) is 0 Å². The molecule has 0 saturated carbocycles. The van der Waals surface area contributed by atoms with Crippen LogP contribution in [0, 0.1) is 11.3 Å². The second-order valence-electron chi connectivity index (χ2n) is 2.78. The van der Waals surface area contributed by atoms with Crippen molar-refractivity contribution in [2.75, 3.05) is 0 Å². The fourth-order valence-corrected chi connectivity index (χ4v) is 0.844. The lowest BCUT2D eigenvalue weighted by atomic mass is 10.3. The van der Waals surface area contributed by atoms with Gasteiger partial charge in [0, 0.05) is 12.4 Å². The summed E-state index contributed by atoms with van der Waals surface area (Å²) in [6.45, 7) is 0. The topological polar surface area (TPSA) is 99.8 Å². The molecule has 0 atom stereocenters. The third kappa shape index (κ3) is 4.48. The van der Waals surface area contributed by atoms with Crippen molar-refractivity contribution in [1.29, 1.82) is 5.26 Å². The van der Waals surface area contributed by atoms with E-state index in [4.69, 9.17) is 10.4 Å². The minimum Gasteiger partial charge on any atom is -0.478 e. The third-order valence-electron chi connectivity index (χ3n) is 1.64. The Morgan fingerprint density at radius 2 is 1.88 bits per heavy atom. The quantitative estimate of drug-likeness (QED) is 0.785. The number of aromatic carboxylic acids is 1. The molecule has 17 heavy (non-hydrogen) atoms. The van der Waals surface area contributed by atoms with E-state index in [9.17, 15) is 4.79 Å². The summed E-state index contributed by atoms with van der Waals surface area (Å²) < 4.78 is 0. The number of pyridine rings is 1. The molecule has 2 rings (SSSR count). The summed E-state index contributed by atoms with van der Waals surface area (Å²) in [5, 5.41) is 23.4. The zero-order valence-corrected chi connectivity index (χ0v) is 8.69. The van der Waals surface area contributed by atoms with E-state index in [1.165, 1.54) is 18.5 Å². The lowest BCUT2D eigenvalue weighted by Crippen LogP contribution is -1.96. The molecule has 0 amide bonds.